The van der Waals surface area contributed by atoms with Gasteiger partial charge in [0, 0.05) is 19.6 Å². The predicted molar refractivity (Wildman–Crippen MR) is 167 cm³/mol. The van der Waals surface area contributed by atoms with Crippen molar-refractivity contribution in [2.24, 2.45) is 0 Å². The summed E-state index contributed by atoms with van der Waals surface area (Å²) in [4.78, 5) is 39.1. The summed E-state index contributed by atoms with van der Waals surface area (Å²) in [5.74, 6) is -0.197. The molecule has 0 saturated carbocycles. The Morgan fingerprint density at radius 3 is 2.45 bits per heavy atom. The van der Waals surface area contributed by atoms with Crippen LogP contribution >= 0.6 is 11.6 Å². The first-order chi connectivity index (χ1) is 20.9. The van der Waals surface area contributed by atoms with Gasteiger partial charge < -0.3 is 20.5 Å². The van der Waals surface area contributed by atoms with Crippen molar-refractivity contribution >= 4 is 56.4 Å². The second-order valence-corrected chi connectivity index (χ2v) is 14.1. The highest BCUT2D eigenvalue weighted by molar-refractivity contribution is 7.92. The summed E-state index contributed by atoms with van der Waals surface area (Å²) in [5.41, 5.74) is 1.15. The number of ether oxygens (including phenoxy) is 1. The van der Waals surface area contributed by atoms with E-state index >= 15 is 0 Å². The van der Waals surface area contributed by atoms with Crippen molar-refractivity contribution in [3.05, 3.63) is 58.7 Å². The largest absolute Gasteiger partial charge is 0.489 e. The van der Waals surface area contributed by atoms with Crippen LogP contribution in [0.1, 0.15) is 54.8 Å². The molecule has 0 radical (unpaired) electrons. The number of aromatic nitrogens is 2. The number of hydrogen-bond donors (Lipinski definition) is 3. The Hall–Kier alpha value is -3.78. The maximum absolute atomic E-state index is 13.5. The predicted octanol–water partition coefficient (Wildman–Crippen LogP) is 4.25. The Kier molecular flexibility index (Phi) is 9.12. The third-order valence-corrected chi connectivity index (χ3v) is 9.95. The molecule has 1 fully saturated rings. The van der Waals surface area contributed by atoms with Crippen molar-refractivity contribution in [1.29, 1.82) is 0 Å². The first-order valence-electron chi connectivity index (χ1n) is 14.4. The van der Waals surface area contributed by atoms with Gasteiger partial charge in [-0.05, 0) is 58.4 Å². The third kappa shape index (κ3) is 6.23. The molecule has 2 aliphatic heterocycles. The van der Waals surface area contributed by atoms with E-state index in [0.29, 0.717) is 43.2 Å². The highest BCUT2D eigenvalue weighted by atomic mass is 35.5. The lowest BCUT2D eigenvalue weighted by atomic mass is 10.1. The van der Waals surface area contributed by atoms with Gasteiger partial charge in [0.25, 0.3) is 11.8 Å². The Balaban J connectivity index is 1.46. The minimum atomic E-state index is -3.61. The fraction of sp³-hybridized carbons (Fsp3) is 0.400. The number of amides is 2. The molecule has 1 aromatic heterocycles. The van der Waals surface area contributed by atoms with Crippen LogP contribution in [0.15, 0.2) is 47.5 Å². The zero-order valence-electron chi connectivity index (χ0n) is 24.9. The van der Waals surface area contributed by atoms with Gasteiger partial charge in [-0.1, -0.05) is 23.7 Å². The summed E-state index contributed by atoms with van der Waals surface area (Å²) in [6, 6.07) is 9.30. The van der Waals surface area contributed by atoms with Crippen LogP contribution in [-0.4, -0.2) is 88.7 Å². The lowest BCUT2D eigenvalue weighted by Gasteiger charge is -2.22. The quantitative estimate of drug-likeness (QED) is 0.257. The van der Waals surface area contributed by atoms with Crippen molar-refractivity contribution in [1.82, 2.24) is 19.8 Å². The van der Waals surface area contributed by atoms with Crippen LogP contribution in [0.5, 0.6) is 5.75 Å². The zero-order chi connectivity index (χ0) is 31.8. The molecule has 3 aromatic rings. The van der Waals surface area contributed by atoms with E-state index in [2.05, 4.69) is 20.6 Å². The molecule has 0 unspecified atom stereocenters. The minimum Gasteiger partial charge on any atom is -0.489 e. The lowest BCUT2D eigenvalue weighted by molar-refractivity contribution is 0.0587. The normalized spacial score (nSPS) is 17.1. The van der Waals surface area contributed by atoms with E-state index in [4.69, 9.17) is 16.3 Å². The summed E-state index contributed by atoms with van der Waals surface area (Å²) in [6.45, 7) is 8.58. The maximum atomic E-state index is 13.5. The van der Waals surface area contributed by atoms with Crippen LogP contribution in [0.4, 0.5) is 23.1 Å². The summed E-state index contributed by atoms with van der Waals surface area (Å²) < 4.78 is 31.9. The third-order valence-electron chi connectivity index (χ3n) is 7.47. The smallest absolute Gasteiger partial charge is 0.261 e. The Morgan fingerprint density at radius 1 is 1.07 bits per heavy atom. The van der Waals surface area contributed by atoms with Crippen LogP contribution in [0.25, 0.3) is 0 Å². The van der Waals surface area contributed by atoms with Crippen molar-refractivity contribution in [3.8, 4) is 5.75 Å². The van der Waals surface area contributed by atoms with Gasteiger partial charge in [-0.15, -0.1) is 0 Å². The van der Waals surface area contributed by atoms with Gasteiger partial charge in [-0.25, -0.2) is 13.4 Å². The molecule has 3 heterocycles. The average Bonchev–Trinajstić information content (AvgIpc) is 3.52. The molecular weight excluding hydrogens is 608 g/mol. The number of aliphatic hydroxyl groups excluding tert-OH is 1. The Labute approximate surface area is 261 Å². The van der Waals surface area contributed by atoms with Crippen LogP contribution in [0, 0.1) is 0 Å². The molecule has 12 nitrogen and oxygen atoms in total. The maximum Gasteiger partial charge on any atom is 0.261 e. The SMILES string of the molecule is CC(C)Oc1cc2c(cc1Nc1ncc(Cl)c(Nc3ccccc3S(=O)(=O)C(C)C)n1)C(=O)N([C@H]1CCN(CCO)C1)C2=O. The number of para-hydroxylation sites is 1. The number of rotatable bonds is 11. The van der Waals surface area contributed by atoms with Gasteiger partial charge in [-0.2, -0.15) is 4.98 Å². The van der Waals surface area contributed by atoms with Crippen molar-refractivity contribution in [2.45, 2.75) is 56.4 Å². The number of likely N-dealkylation sites (tertiary alicyclic amines) is 1. The van der Waals surface area contributed by atoms with Crippen molar-refractivity contribution < 1.29 is 27.9 Å². The number of halogens is 1. The molecule has 2 aliphatic rings. The molecule has 0 spiro atoms. The molecule has 14 heteroatoms. The number of benzene rings is 2. The van der Waals surface area contributed by atoms with Gasteiger partial charge in [0.15, 0.2) is 15.7 Å². The van der Waals surface area contributed by atoms with E-state index in [-0.39, 0.29) is 57.5 Å². The van der Waals surface area contributed by atoms with Crippen LogP contribution < -0.4 is 15.4 Å². The molecule has 5 rings (SSSR count). The molecule has 2 amide bonds. The fourth-order valence-corrected chi connectivity index (χ4v) is 6.61. The zero-order valence-corrected chi connectivity index (χ0v) is 26.4. The first-order valence-corrected chi connectivity index (χ1v) is 16.3. The fourth-order valence-electron chi connectivity index (χ4n) is 5.27. The molecule has 44 heavy (non-hydrogen) atoms. The van der Waals surface area contributed by atoms with Crippen LogP contribution in [0.2, 0.25) is 5.02 Å². The lowest BCUT2D eigenvalue weighted by Crippen LogP contribution is -2.41. The van der Waals surface area contributed by atoms with Gasteiger partial charge >= 0.3 is 0 Å². The number of nitrogens with zero attached hydrogens (tertiary/aromatic N) is 4. The summed E-state index contributed by atoms with van der Waals surface area (Å²) in [6.07, 6.45) is 1.74. The standard InChI is InChI=1S/C30H35ClN6O6S/c1-17(2)43-25-14-21-20(28(39)37(29(21)40)19-9-10-36(16-19)11-12-38)13-24(25)34-30-32-15-22(31)27(35-30)33-23-7-5-6-8-26(23)44(41,42)18(3)4/h5-8,13-15,17-19,38H,9-12,16H2,1-4H3,(H2,32,33,34,35)/t19-/m0/s1. The van der Waals surface area contributed by atoms with Gasteiger partial charge in [0.2, 0.25) is 5.95 Å². The highest BCUT2D eigenvalue weighted by Gasteiger charge is 2.43. The van der Waals surface area contributed by atoms with E-state index in [1.165, 1.54) is 17.2 Å². The van der Waals surface area contributed by atoms with E-state index in [1.54, 1.807) is 44.2 Å². The molecule has 0 bridgehead atoms. The molecule has 0 aliphatic carbocycles. The molecule has 3 N–H and O–H groups in total. The number of nitrogens with one attached hydrogen (secondary N) is 2. The molecule has 234 valence electrons. The number of carbonyl (C=O) groups is 2. The van der Waals surface area contributed by atoms with Gasteiger partial charge in [-0.3, -0.25) is 19.4 Å². The van der Waals surface area contributed by atoms with Crippen molar-refractivity contribution in [3.63, 3.8) is 0 Å². The number of imide groups is 1. The Morgan fingerprint density at radius 2 is 1.77 bits per heavy atom. The van der Waals surface area contributed by atoms with Crippen molar-refractivity contribution in [2.75, 3.05) is 36.9 Å². The number of aliphatic hydroxyl groups is 1. The van der Waals surface area contributed by atoms with Crippen LogP contribution in [0.3, 0.4) is 0 Å². The second-order valence-electron chi connectivity index (χ2n) is 11.2. The molecular formula is C30H35ClN6O6S. The number of β-amino-alcohol motifs (C(OH)–C–C–N with tert-alkyl or cyclic N) is 1. The van der Waals surface area contributed by atoms with Gasteiger partial charge in [0.1, 0.15) is 10.8 Å². The number of carbonyl (C=O) groups excluding carboxylic acids is 2. The van der Waals surface area contributed by atoms with E-state index < -0.39 is 21.0 Å². The molecule has 1 atom stereocenters. The van der Waals surface area contributed by atoms with E-state index in [1.807, 2.05) is 18.7 Å². The first kappa shape index (κ1) is 31.6. The monoisotopic (exact) mass is 642 g/mol. The number of fused-ring (bicyclic) bond motifs is 1. The Bertz CT molecular complexity index is 1700. The molecule has 1 saturated heterocycles. The topological polar surface area (TPSA) is 154 Å². The van der Waals surface area contributed by atoms with E-state index in [9.17, 15) is 23.1 Å². The molecule has 2 aromatic carbocycles. The minimum absolute atomic E-state index is 0.00727. The summed E-state index contributed by atoms with van der Waals surface area (Å²) in [7, 11) is -3.61. The summed E-state index contributed by atoms with van der Waals surface area (Å²) in [5, 5.41) is 14.9. The highest BCUT2D eigenvalue weighted by Crippen LogP contribution is 2.38. The van der Waals surface area contributed by atoms with Gasteiger partial charge in [0.05, 0.1) is 57.6 Å². The summed E-state index contributed by atoms with van der Waals surface area (Å²) >= 11 is 6.40. The second kappa shape index (κ2) is 12.7. The average molecular weight is 643 g/mol. The number of sulfone groups is 1. The number of hydrogen-bond acceptors (Lipinski definition) is 11. The van der Waals surface area contributed by atoms with Crippen LogP contribution in [-0.2, 0) is 9.84 Å². The van der Waals surface area contributed by atoms with E-state index in [0.717, 1.165) is 0 Å². The number of anilines is 4.